The van der Waals surface area contributed by atoms with Crippen molar-refractivity contribution in [2.24, 2.45) is 5.73 Å². The van der Waals surface area contributed by atoms with E-state index >= 15 is 0 Å². The number of hydrogen-bond acceptors (Lipinski definition) is 4. The van der Waals surface area contributed by atoms with Gasteiger partial charge in [0.05, 0.1) is 6.04 Å². The molecule has 1 fully saturated rings. The second-order valence-electron chi connectivity index (χ2n) is 2.94. The Balaban J connectivity index is 2.59. The van der Waals surface area contributed by atoms with Crippen LogP contribution in [0.25, 0.3) is 0 Å². The SMILES string of the molecule is C[C@H]1[C@H](N)C(=O)N1C(=O)CC(=O)O. The van der Waals surface area contributed by atoms with Crippen molar-refractivity contribution in [3.05, 3.63) is 0 Å². The zero-order chi connectivity index (χ0) is 10.2. The monoisotopic (exact) mass is 186 g/mol. The molecule has 1 aliphatic heterocycles. The van der Waals surface area contributed by atoms with E-state index in [9.17, 15) is 14.4 Å². The summed E-state index contributed by atoms with van der Waals surface area (Å²) in [5.41, 5.74) is 5.33. The Labute approximate surface area is 74.3 Å². The molecule has 3 N–H and O–H groups in total. The number of rotatable bonds is 2. The van der Waals surface area contributed by atoms with Crippen molar-refractivity contribution in [3.8, 4) is 0 Å². The van der Waals surface area contributed by atoms with Gasteiger partial charge in [0.2, 0.25) is 11.8 Å². The standard InChI is InChI=1S/C7H10N2O4/c1-3-6(8)7(13)9(3)4(10)2-5(11)12/h3,6H,2,8H2,1H3,(H,11,12)/t3-,6-/m0/s1. The molecule has 0 spiro atoms. The summed E-state index contributed by atoms with van der Waals surface area (Å²) in [6.45, 7) is 1.60. The number of carbonyl (C=O) groups excluding carboxylic acids is 2. The second-order valence-corrected chi connectivity index (χ2v) is 2.94. The van der Waals surface area contributed by atoms with Crippen molar-refractivity contribution in [3.63, 3.8) is 0 Å². The molecule has 0 aromatic rings. The molecular weight excluding hydrogens is 176 g/mol. The quantitative estimate of drug-likeness (QED) is 0.405. The molecule has 1 rings (SSSR count). The highest BCUT2D eigenvalue weighted by atomic mass is 16.4. The van der Waals surface area contributed by atoms with Gasteiger partial charge in [-0.05, 0) is 6.92 Å². The number of imide groups is 1. The normalized spacial score (nSPS) is 26.9. The summed E-state index contributed by atoms with van der Waals surface area (Å²) in [4.78, 5) is 33.1. The molecule has 0 aliphatic carbocycles. The van der Waals surface area contributed by atoms with Crippen LogP contribution >= 0.6 is 0 Å². The first-order chi connectivity index (χ1) is 5.95. The van der Waals surface area contributed by atoms with E-state index in [1.54, 1.807) is 6.92 Å². The van der Waals surface area contributed by atoms with Crippen LogP contribution in [0.1, 0.15) is 13.3 Å². The first-order valence-corrected chi connectivity index (χ1v) is 3.78. The highest BCUT2D eigenvalue weighted by Crippen LogP contribution is 2.18. The molecule has 0 bridgehead atoms. The van der Waals surface area contributed by atoms with E-state index in [0.717, 1.165) is 4.90 Å². The van der Waals surface area contributed by atoms with Crippen LogP contribution in [-0.4, -0.2) is 39.9 Å². The summed E-state index contributed by atoms with van der Waals surface area (Å²) < 4.78 is 0. The number of hydrogen-bond donors (Lipinski definition) is 2. The van der Waals surface area contributed by atoms with E-state index in [1.165, 1.54) is 0 Å². The fourth-order valence-corrected chi connectivity index (χ4v) is 1.21. The van der Waals surface area contributed by atoms with Gasteiger partial charge < -0.3 is 10.8 Å². The van der Waals surface area contributed by atoms with Crippen LogP contribution in [0, 0.1) is 0 Å². The van der Waals surface area contributed by atoms with Crippen LogP contribution < -0.4 is 5.73 Å². The molecule has 0 saturated carbocycles. The van der Waals surface area contributed by atoms with Gasteiger partial charge in [-0.1, -0.05) is 0 Å². The molecule has 6 nitrogen and oxygen atoms in total. The van der Waals surface area contributed by atoms with Crippen molar-refractivity contribution in [1.82, 2.24) is 4.90 Å². The average Bonchev–Trinajstić information content (AvgIpc) is 2.02. The Morgan fingerprint density at radius 3 is 2.54 bits per heavy atom. The predicted octanol–water partition coefficient (Wildman–Crippen LogP) is -1.45. The molecule has 0 aromatic carbocycles. The van der Waals surface area contributed by atoms with Gasteiger partial charge in [-0.25, -0.2) is 0 Å². The fraction of sp³-hybridized carbons (Fsp3) is 0.571. The Kier molecular flexibility index (Phi) is 2.33. The molecule has 72 valence electrons. The third-order valence-electron chi connectivity index (χ3n) is 2.02. The predicted molar refractivity (Wildman–Crippen MR) is 41.5 cm³/mol. The molecule has 0 radical (unpaired) electrons. The van der Waals surface area contributed by atoms with Crippen molar-refractivity contribution in [2.75, 3.05) is 0 Å². The number of aliphatic carboxylic acids is 1. The van der Waals surface area contributed by atoms with Gasteiger partial charge in [0.1, 0.15) is 12.5 Å². The van der Waals surface area contributed by atoms with Crippen LogP contribution in [0.15, 0.2) is 0 Å². The van der Waals surface area contributed by atoms with Gasteiger partial charge in [-0.2, -0.15) is 0 Å². The fourth-order valence-electron chi connectivity index (χ4n) is 1.21. The van der Waals surface area contributed by atoms with E-state index in [-0.39, 0.29) is 6.04 Å². The molecule has 1 heterocycles. The van der Waals surface area contributed by atoms with E-state index in [1.807, 2.05) is 0 Å². The Morgan fingerprint density at radius 2 is 2.15 bits per heavy atom. The summed E-state index contributed by atoms with van der Waals surface area (Å²) in [7, 11) is 0. The maximum absolute atomic E-state index is 11.1. The van der Waals surface area contributed by atoms with Crippen molar-refractivity contribution in [1.29, 1.82) is 0 Å². The molecule has 1 aliphatic rings. The first kappa shape index (κ1) is 9.66. The van der Waals surface area contributed by atoms with Crippen LogP contribution in [0.2, 0.25) is 0 Å². The Bertz CT molecular complexity index is 276. The summed E-state index contributed by atoms with van der Waals surface area (Å²) in [6, 6.07) is -1.06. The number of carbonyl (C=O) groups is 3. The van der Waals surface area contributed by atoms with Gasteiger partial charge >= 0.3 is 5.97 Å². The Morgan fingerprint density at radius 1 is 1.62 bits per heavy atom. The molecule has 0 aromatic heterocycles. The summed E-state index contributed by atoms with van der Waals surface area (Å²) in [5, 5.41) is 8.30. The van der Waals surface area contributed by atoms with Gasteiger partial charge in [0, 0.05) is 0 Å². The molecule has 6 heteroatoms. The van der Waals surface area contributed by atoms with Gasteiger partial charge in [0.15, 0.2) is 0 Å². The van der Waals surface area contributed by atoms with E-state index < -0.39 is 30.2 Å². The maximum Gasteiger partial charge on any atom is 0.312 e. The Hall–Kier alpha value is -1.43. The number of nitrogens with zero attached hydrogens (tertiary/aromatic N) is 1. The molecule has 1 saturated heterocycles. The maximum atomic E-state index is 11.1. The highest BCUT2D eigenvalue weighted by molar-refractivity contribution is 6.07. The zero-order valence-electron chi connectivity index (χ0n) is 7.06. The number of nitrogens with two attached hydrogens (primary N) is 1. The molecule has 13 heavy (non-hydrogen) atoms. The minimum atomic E-state index is -1.24. The average molecular weight is 186 g/mol. The summed E-state index contributed by atoms with van der Waals surface area (Å²) in [6.07, 6.45) is -0.664. The number of β-lactam (4-membered cyclic amide) rings is 1. The zero-order valence-corrected chi connectivity index (χ0v) is 7.06. The van der Waals surface area contributed by atoms with Gasteiger partial charge in [-0.3, -0.25) is 19.3 Å². The molecule has 0 unspecified atom stereocenters. The van der Waals surface area contributed by atoms with E-state index in [4.69, 9.17) is 10.8 Å². The largest absolute Gasteiger partial charge is 0.481 e. The topological polar surface area (TPSA) is 101 Å². The second kappa shape index (κ2) is 3.14. The van der Waals surface area contributed by atoms with Crippen molar-refractivity contribution >= 4 is 17.8 Å². The van der Waals surface area contributed by atoms with Gasteiger partial charge in [-0.15, -0.1) is 0 Å². The smallest absolute Gasteiger partial charge is 0.312 e. The third-order valence-corrected chi connectivity index (χ3v) is 2.02. The van der Waals surface area contributed by atoms with Crippen LogP contribution in [-0.2, 0) is 14.4 Å². The van der Waals surface area contributed by atoms with E-state index in [2.05, 4.69) is 0 Å². The van der Waals surface area contributed by atoms with Crippen LogP contribution in [0.4, 0.5) is 0 Å². The lowest BCUT2D eigenvalue weighted by atomic mass is 9.97. The lowest BCUT2D eigenvalue weighted by Crippen LogP contribution is -2.69. The van der Waals surface area contributed by atoms with Crippen molar-refractivity contribution < 1.29 is 19.5 Å². The van der Waals surface area contributed by atoms with Crippen LogP contribution in [0.3, 0.4) is 0 Å². The lowest BCUT2D eigenvalue weighted by molar-refractivity contribution is -0.161. The summed E-state index contributed by atoms with van der Waals surface area (Å²) >= 11 is 0. The number of likely N-dealkylation sites (tertiary alicyclic amines) is 1. The van der Waals surface area contributed by atoms with Gasteiger partial charge in [0.25, 0.3) is 0 Å². The van der Waals surface area contributed by atoms with Crippen molar-refractivity contribution in [2.45, 2.75) is 25.4 Å². The van der Waals surface area contributed by atoms with E-state index in [0.29, 0.717) is 0 Å². The minimum Gasteiger partial charge on any atom is -0.481 e. The number of carboxylic acids is 1. The summed E-state index contributed by atoms with van der Waals surface area (Å²) in [5.74, 6) is -2.45. The third kappa shape index (κ3) is 1.52. The highest BCUT2D eigenvalue weighted by Gasteiger charge is 2.45. The number of amides is 2. The number of carboxylic acid groups (broad SMARTS) is 1. The van der Waals surface area contributed by atoms with Crippen LogP contribution in [0.5, 0.6) is 0 Å². The molecular formula is C7H10N2O4. The minimum absolute atomic E-state index is 0.389. The lowest BCUT2D eigenvalue weighted by Gasteiger charge is -2.41. The first-order valence-electron chi connectivity index (χ1n) is 3.78. The molecule has 2 amide bonds. The molecule has 2 atom stereocenters.